The third-order valence-corrected chi connectivity index (χ3v) is 4.76. The highest BCUT2D eigenvalue weighted by atomic mass is 32.2. The van der Waals surface area contributed by atoms with Gasteiger partial charge in [0.15, 0.2) is 0 Å². The highest BCUT2D eigenvalue weighted by Gasteiger charge is 2.37. The van der Waals surface area contributed by atoms with Gasteiger partial charge in [-0.25, -0.2) is 8.42 Å². The Morgan fingerprint density at radius 3 is 2.53 bits per heavy atom. The van der Waals surface area contributed by atoms with Gasteiger partial charge in [0, 0.05) is 6.26 Å². The zero-order chi connectivity index (χ0) is 11.5. The molecule has 2 N–H and O–H groups in total. The van der Waals surface area contributed by atoms with Crippen molar-refractivity contribution in [1.29, 1.82) is 0 Å². The Bertz CT molecular complexity index is 300. The van der Waals surface area contributed by atoms with Crippen molar-refractivity contribution in [2.45, 2.75) is 39.0 Å². The molecule has 1 fully saturated rings. The second-order valence-electron chi connectivity index (χ2n) is 5.10. The lowest BCUT2D eigenvalue weighted by molar-refractivity contribution is 0.282. The maximum atomic E-state index is 11.2. The molecule has 15 heavy (non-hydrogen) atoms. The zero-order valence-corrected chi connectivity index (χ0v) is 10.6. The van der Waals surface area contributed by atoms with Crippen molar-refractivity contribution < 1.29 is 8.42 Å². The van der Waals surface area contributed by atoms with Crippen LogP contribution in [0.4, 0.5) is 0 Å². The Labute approximate surface area is 93.3 Å². The van der Waals surface area contributed by atoms with Crippen LogP contribution in [-0.4, -0.2) is 27.0 Å². The fourth-order valence-electron chi connectivity index (χ4n) is 2.59. The van der Waals surface area contributed by atoms with E-state index >= 15 is 0 Å². The minimum atomic E-state index is -2.84. The van der Waals surface area contributed by atoms with Crippen LogP contribution in [0.3, 0.4) is 0 Å². The molecule has 4 heteroatoms. The van der Waals surface area contributed by atoms with Crippen LogP contribution in [0.15, 0.2) is 0 Å². The molecule has 90 valence electrons. The largest absolute Gasteiger partial charge is 0.330 e. The topological polar surface area (TPSA) is 60.2 Å². The molecule has 2 atom stereocenters. The van der Waals surface area contributed by atoms with Gasteiger partial charge in [-0.1, -0.05) is 13.3 Å². The predicted molar refractivity (Wildman–Crippen MR) is 63.4 cm³/mol. The average Bonchev–Trinajstić information content (AvgIpc) is 2.58. The maximum Gasteiger partial charge on any atom is 0.147 e. The van der Waals surface area contributed by atoms with Crippen LogP contribution in [0.5, 0.6) is 0 Å². The smallest absolute Gasteiger partial charge is 0.147 e. The molecule has 0 aromatic heterocycles. The molecule has 1 aliphatic rings. The quantitative estimate of drug-likeness (QED) is 0.784. The molecule has 2 unspecified atom stereocenters. The SMILES string of the molecule is CCC1CCC(CN)(CCS(C)(=O)=O)C1. The van der Waals surface area contributed by atoms with Gasteiger partial charge in [-0.3, -0.25) is 0 Å². The first kappa shape index (κ1) is 13.0. The number of rotatable bonds is 5. The van der Waals surface area contributed by atoms with E-state index in [1.54, 1.807) is 0 Å². The van der Waals surface area contributed by atoms with E-state index in [-0.39, 0.29) is 5.41 Å². The lowest BCUT2D eigenvalue weighted by Gasteiger charge is -2.27. The van der Waals surface area contributed by atoms with Crippen LogP contribution in [0.25, 0.3) is 0 Å². The van der Waals surface area contributed by atoms with Crippen molar-refractivity contribution in [3.05, 3.63) is 0 Å². The summed E-state index contributed by atoms with van der Waals surface area (Å²) in [5.41, 5.74) is 5.94. The Morgan fingerprint density at radius 1 is 1.47 bits per heavy atom. The first-order valence-electron chi connectivity index (χ1n) is 5.78. The third-order valence-electron chi connectivity index (χ3n) is 3.82. The summed E-state index contributed by atoms with van der Waals surface area (Å²) in [6, 6.07) is 0. The lowest BCUT2D eigenvalue weighted by atomic mass is 9.82. The number of hydrogen-bond donors (Lipinski definition) is 1. The molecular weight excluding hydrogens is 210 g/mol. The summed E-state index contributed by atoms with van der Waals surface area (Å²) in [5.74, 6) is 1.05. The van der Waals surface area contributed by atoms with Gasteiger partial charge >= 0.3 is 0 Å². The zero-order valence-electron chi connectivity index (χ0n) is 9.83. The van der Waals surface area contributed by atoms with Crippen LogP contribution >= 0.6 is 0 Å². The van der Waals surface area contributed by atoms with E-state index in [2.05, 4.69) is 6.92 Å². The van der Waals surface area contributed by atoms with Gasteiger partial charge in [-0.05, 0) is 43.6 Å². The van der Waals surface area contributed by atoms with Gasteiger partial charge in [-0.2, -0.15) is 0 Å². The standard InChI is InChI=1S/C11H23NO2S/c1-3-10-4-5-11(8-10,9-12)6-7-15(2,13)14/h10H,3-9,12H2,1-2H3. The Hall–Kier alpha value is -0.0900. The lowest BCUT2D eigenvalue weighted by Crippen LogP contribution is -2.30. The summed E-state index contributed by atoms with van der Waals surface area (Å²) in [5, 5.41) is 0. The normalized spacial score (nSPS) is 32.1. The first-order valence-corrected chi connectivity index (χ1v) is 7.85. The highest BCUT2D eigenvalue weighted by Crippen LogP contribution is 2.44. The van der Waals surface area contributed by atoms with E-state index in [4.69, 9.17) is 5.73 Å². The molecule has 1 saturated carbocycles. The monoisotopic (exact) mass is 233 g/mol. The van der Waals surface area contributed by atoms with Crippen LogP contribution < -0.4 is 5.73 Å². The molecule has 0 amide bonds. The maximum absolute atomic E-state index is 11.2. The summed E-state index contributed by atoms with van der Waals surface area (Å²) in [6.07, 6.45) is 6.70. The van der Waals surface area contributed by atoms with Gasteiger partial charge in [0.1, 0.15) is 9.84 Å². The molecule has 3 nitrogen and oxygen atoms in total. The Morgan fingerprint density at radius 2 is 2.13 bits per heavy atom. The summed E-state index contributed by atoms with van der Waals surface area (Å²) < 4.78 is 22.3. The molecular formula is C11H23NO2S. The fraction of sp³-hybridized carbons (Fsp3) is 1.00. The van der Waals surface area contributed by atoms with Crippen molar-refractivity contribution in [3.8, 4) is 0 Å². The van der Waals surface area contributed by atoms with Crippen molar-refractivity contribution in [2.24, 2.45) is 17.1 Å². The fourth-order valence-corrected chi connectivity index (χ4v) is 3.40. The van der Waals surface area contributed by atoms with E-state index in [1.165, 1.54) is 19.1 Å². The van der Waals surface area contributed by atoms with Gasteiger partial charge < -0.3 is 5.73 Å². The highest BCUT2D eigenvalue weighted by molar-refractivity contribution is 7.90. The molecule has 0 saturated heterocycles. The first-order chi connectivity index (χ1) is 6.91. The van der Waals surface area contributed by atoms with Gasteiger partial charge in [0.2, 0.25) is 0 Å². The third kappa shape index (κ3) is 3.76. The summed E-state index contributed by atoms with van der Waals surface area (Å²) in [6.45, 7) is 2.84. The summed E-state index contributed by atoms with van der Waals surface area (Å²) in [7, 11) is -2.84. The summed E-state index contributed by atoms with van der Waals surface area (Å²) >= 11 is 0. The van der Waals surface area contributed by atoms with Crippen molar-refractivity contribution in [2.75, 3.05) is 18.6 Å². The number of nitrogens with two attached hydrogens (primary N) is 1. The average molecular weight is 233 g/mol. The molecule has 0 radical (unpaired) electrons. The van der Waals surface area contributed by atoms with E-state index in [0.29, 0.717) is 12.3 Å². The Kier molecular flexibility index (Phi) is 4.18. The molecule has 0 bridgehead atoms. The molecule has 1 aliphatic carbocycles. The van der Waals surface area contributed by atoms with Crippen molar-refractivity contribution >= 4 is 9.84 Å². The predicted octanol–water partition coefficient (Wildman–Crippen LogP) is 1.58. The number of hydrogen-bond acceptors (Lipinski definition) is 3. The van der Waals surface area contributed by atoms with E-state index in [9.17, 15) is 8.42 Å². The van der Waals surface area contributed by atoms with Crippen LogP contribution in [0.2, 0.25) is 0 Å². The van der Waals surface area contributed by atoms with Crippen molar-refractivity contribution in [3.63, 3.8) is 0 Å². The van der Waals surface area contributed by atoms with E-state index < -0.39 is 9.84 Å². The van der Waals surface area contributed by atoms with Crippen LogP contribution in [0, 0.1) is 11.3 Å². The van der Waals surface area contributed by atoms with Gasteiger partial charge in [0.05, 0.1) is 5.75 Å². The molecule has 0 aliphatic heterocycles. The van der Waals surface area contributed by atoms with Gasteiger partial charge in [-0.15, -0.1) is 0 Å². The van der Waals surface area contributed by atoms with E-state index in [0.717, 1.165) is 25.2 Å². The van der Waals surface area contributed by atoms with Crippen LogP contribution in [0.1, 0.15) is 39.0 Å². The summed E-state index contributed by atoms with van der Waals surface area (Å²) in [4.78, 5) is 0. The second-order valence-corrected chi connectivity index (χ2v) is 7.36. The molecule has 0 aromatic rings. The van der Waals surface area contributed by atoms with Gasteiger partial charge in [0.25, 0.3) is 0 Å². The second kappa shape index (κ2) is 4.83. The van der Waals surface area contributed by atoms with E-state index in [1.807, 2.05) is 0 Å². The number of sulfone groups is 1. The molecule has 0 spiro atoms. The molecule has 0 heterocycles. The van der Waals surface area contributed by atoms with Crippen LogP contribution in [-0.2, 0) is 9.84 Å². The minimum absolute atomic E-state index is 0.115. The molecule has 0 aromatic carbocycles. The molecule has 1 rings (SSSR count). The minimum Gasteiger partial charge on any atom is -0.330 e. The Balaban J connectivity index is 2.56. The van der Waals surface area contributed by atoms with Crippen molar-refractivity contribution in [1.82, 2.24) is 0 Å².